The average molecular weight is 351 g/mol. The van der Waals surface area contributed by atoms with Crippen LogP contribution in [0, 0.1) is 11.6 Å². The summed E-state index contributed by atoms with van der Waals surface area (Å²) in [4.78, 5) is -0.884. The van der Waals surface area contributed by atoms with Crippen molar-refractivity contribution in [2.75, 3.05) is 0 Å². The fourth-order valence-electron chi connectivity index (χ4n) is 0.758. The number of halogens is 4. The quantitative estimate of drug-likeness (QED) is 0.623. The van der Waals surface area contributed by atoms with E-state index >= 15 is 0 Å². The summed E-state index contributed by atoms with van der Waals surface area (Å²) in [7, 11) is -4.26. The molecule has 0 unspecified atom stereocenters. The molecule has 0 saturated carbocycles. The average Bonchev–Trinajstić information content (AvgIpc) is 2.06. The van der Waals surface area contributed by atoms with E-state index in [0.717, 1.165) is 0 Å². The molecule has 0 saturated heterocycles. The molecule has 0 aliphatic carbocycles. The standard InChI is InChI=1S/C6H3Br2F2NO2S/c7-4-2(9)1-3(14(11,12)13)6(10)5(4)8/h1H,(H2,11,12,13). The fraction of sp³-hybridized carbons (Fsp3) is 0. The maximum absolute atomic E-state index is 13.2. The summed E-state index contributed by atoms with van der Waals surface area (Å²) in [5, 5.41) is 4.67. The van der Waals surface area contributed by atoms with Gasteiger partial charge in [0.1, 0.15) is 10.7 Å². The summed E-state index contributed by atoms with van der Waals surface area (Å²) in [6.45, 7) is 0. The van der Waals surface area contributed by atoms with Crippen molar-refractivity contribution < 1.29 is 17.2 Å². The summed E-state index contributed by atoms with van der Waals surface area (Å²) in [5.41, 5.74) is 0. The Morgan fingerprint density at radius 3 is 2.14 bits per heavy atom. The van der Waals surface area contributed by atoms with Crippen LogP contribution in [-0.4, -0.2) is 8.42 Å². The monoisotopic (exact) mass is 349 g/mol. The Labute approximate surface area is 95.6 Å². The number of benzene rings is 1. The molecule has 1 rings (SSSR count). The summed E-state index contributed by atoms with van der Waals surface area (Å²) in [6.07, 6.45) is 0. The number of hydrogen-bond acceptors (Lipinski definition) is 2. The van der Waals surface area contributed by atoms with E-state index in [2.05, 4.69) is 37.0 Å². The zero-order valence-corrected chi connectivity index (χ0v) is 10.4. The molecule has 3 nitrogen and oxygen atoms in total. The molecule has 78 valence electrons. The smallest absolute Gasteiger partial charge is 0.225 e. The van der Waals surface area contributed by atoms with Crippen LogP contribution in [0.2, 0.25) is 0 Å². The fourth-order valence-corrected chi connectivity index (χ4v) is 2.20. The van der Waals surface area contributed by atoms with Gasteiger partial charge in [-0.25, -0.2) is 22.3 Å². The van der Waals surface area contributed by atoms with Crippen molar-refractivity contribution in [1.82, 2.24) is 0 Å². The minimum absolute atomic E-state index is 0.192. The summed E-state index contributed by atoms with van der Waals surface area (Å²) in [6, 6.07) is 0.513. The van der Waals surface area contributed by atoms with Crippen LogP contribution in [-0.2, 0) is 10.0 Å². The molecule has 0 aliphatic rings. The zero-order valence-electron chi connectivity index (χ0n) is 6.39. The van der Waals surface area contributed by atoms with Crippen molar-refractivity contribution in [3.8, 4) is 0 Å². The van der Waals surface area contributed by atoms with Crippen LogP contribution in [0.1, 0.15) is 0 Å². The van der Waals surface area contributed by atoms with Gasteiger partial charge in [0.2, 0.25) is 10.0 Å². The predicted octanol–water partition coefficient (Wildman–Crippen LogP) is 2.14. The third-order valence-electron chi connectivity index (χ3n) is 1.38. The highest BCUT2D eigenvalue weighted by Crippen LogP contribution is 2.32. The van der Waals surface area contributed by atoms with Crippen LogP contribution >= 0.6 is 31.9 Å². The molecule has 8 heteroatoms. The van der Waals surface area contributed by atoms with Crippen molar-refractivity contribution in [1.29, 1.82) is 0 Å². The molecule has 1 aromatic rings. The summed E-state index contributed by atoms with van der Waals surface area (Å²) >= 11 is 5.42. The molecule has 0 amide bonds. The summed E-state index contributed by atoms with van der Waals surface area (Å²) < 4.78 is 47.3. The molecule has 2 N–H and O–H groups in total. The minimum atomic E-state index is -4.26. The van der Waals surface area contributed by atoms with Gasteiger partial charge in [-0.2, -0.15) is 0 Å². The van der Waals surface area contributed by atoms with Crippen molar-refractivity contribution in [2.45, 2.75) is 4.90 Å². The van der Waals surface area contributed by atoms with E-state index in [4.69, 9.17) is 0 Å². The zero-order chi connectivity index (χ0) is 11.1. The van der Waals surface area contributed by atoms with E-state index in [1.54, 1.807) is 0 Å². The van der Waals surface area contributed by atoms with Gasteiger partial charge in [0.05, 0.1) is 8.95 Å². The molecular formula is C6H3Br2F2NO2S. The normalized spacial score (nSPS) is 11.8. The van der Waals surface area contributed by atoms with Crippen LogP contribution in [0.25, 0.3) is 0 Å². The molecule has 0 spiro atoms. The lowest BCUT2D eigenvalue weighted by molar-refractivity contribution is 0.546. The highest BCUT2D eigenvalue weighted by Gasteiger charge is 2.21. The Kier molecular flexibility index (Phi) is 3.30. The minimum Gasteiger partial charge on any atom is -0.225 e. The van der Waals surface area contributed by atoms with Crippen LogP contribution in [0.5, 0.6) is 0 Å². The van der Waals surface area contributed by atoms with Gasteiger partial charge in [-0.15, -0.1) is 0 Å². The number of hydrogen-bond donors (Lipinski definition) is 1. The Hall–Kier alpha value is -0.0500. The van der Waals surface area contributed by atoms with E-state index in [-0.39, 0.29) is 8.95 Å². The SMILES string of the molecule is NS(=O)(=O)c1cc(F)c(Br)c(Br)c1F. The van der Waals surface area contributed by atoms with Gasteiger partial charge >= 0.3 is 0 Å². The Bertz CT molecular complexity index is 489. The molecule has 1 aromatic carbocycles. The molecule has 14 heavy (non-hydrogen) atoms. The number of rotatable bonds is 1. The first-order valence-corrected chi connectivity index (χ1v) is 6.24. The second-order valence-electron chi connectivity index (χ2n) is 2.34. The van der Waals surface area contributed by atoms with Crippen molar-refractivity contribution in [2.24, 2.45) is 5.14 Å². The molecule has 0 heterocycles. The molecule has 0 aliphatic heterocycles. The lowest BCUT2D eigenvalue weighted by Crippen LogP contribution is -2.15. The first-order chi connectivity index (χ1) is 6.25. The second-order valence-corrected chi connectivity index (χ2v) is 5.46. The summed E-state index contributed by atoms with van der Waals surface area (Å²) in [5.74, 6) is -2.04. The third-order valence-corrected chi connectivity index (χ3v) is 4.34. The van der Waals surface area contributed by atoms with E-state index in [0.29, 0.717) is 6.07 Å². The molecule has 0 fully saturated rings. The van der Waals surface area contributed by atoms with Gasteiger partial charge in [-0.1, -0.05) is 0 Å². The van der Waals surface area contributed by atoms with Crippen molar-refractivity contribution >= 4 is 41.9 Å². The molecule has 0 aromatic heterocycles. The number of nitrogens with two attached hydrogens (primary N) is 1. The Morgan fingerprint density at radius 2 is 1.71 bits per heavy atom. The van der Waals surface area contributed by atoms with Crippen LogP contribution in [0.15, 0.2) is 19.9 Å². The Balaban J connectivity index is 3.66. The van der Waals surface area contributed by atoms with Crippen LogP contribution in [0.4, 0.5) is 8.78 Å². The van der Waals surface area contributed by atoms with Crippen LogP contribution < -0.4 is 5.14 Å². The lowest BCUT2D eigenvalue weighted by atomic mass is 10.3. The highest BCUT2D eigenvalue weighted by atomic mass is 79.9. The van der Waals surface area contributed by atoms with E-state index in [1.165, 1.54) is 0 Å². The number of primary sulfonamides is 1. The van der Waals surface area contributed by atoms with E-state index in [9.17, 15) is 17.2 Å². The highest BCUT2D eigenvalue weighted by molar-refractivity contribution is 9.13. The second kappa shape index (κ2) is 3.84. The lowest BCUT2D eigenvalue weighted by Gasteiger charge is -2.05. The van der Waals surface area contributed by atoms with Crippen molar-refractivity contribution in [3.63, 3.8) is 0 Å². The molecular weight excluding hydrogens is 348 g/mol. The van der Waals surface area contributed by atoms with Gasteiger partial charge in [-0.3, -0.25) is 0 Å². The first-order valence-electron chi connectivity index (χ1n) is 3.11. The van der Waals surface area contributed by atoms with Crippen molar-refractivity contribution in [3.05, 3.63) is 26.6 Å². The van der Waals surface area contributed by atoms with Gasteiger partial charge in [0, 0.05) is 0 Å². The van der Waals surface area contributed by atoms with Gasteiger partial charge in [-0.05, 0) is 37.9 Å². The van der Waals surface area contributed by atoms with Gasteiger partial charge in [0.25, 0.3) is 0 Å². The van der Waals surface area contributed by atoms with E-state index in [1.807, 2.05) is 0 Å². The molecule has 0 atom stereocenters. The molecule has 0 bridgehead atoms. The third kappa shape index (κ3) is 2.13. The van der Waals surface area contributed by atoms with E-state index < -0.39 is 26.6 Å². The Morgan fingerprint density at radius 1 is 1.21 bits per heavy atom. The predicted molar refractivity (Wildman–Crippen MR) is 53.1 cm³/mol. The van der Waals surface area contributed by atoms with Gasteiger partial charge < -0.3 is 0 Å². The van der Waals surface area contributed by atoms with Crippen LogP contribution in [0.3, 0.4) is 0 Å². The maximum atomic E-state index is 13.2. The largest absolute Gasteiger partial charge is 0.241 e. The first kappa shape index (κ1) is 12.0. The van der Waals surface area contributed by atoms with Gasteiger partial charge in [0.15, 0.2) is 5.82 Å². The maximum Gasteiger partial charge on any atom is 0.241 e. The topological polar surface area (TPSA) is 60.2 Å². The molecule has 0 radical (unpaired) electrons. The number of sulfonamides is 1.